The van der Waals surface area contributed by atoms with E-state index in [4.69, 9.17) is 0 Å². The Morgan fingerprint density at radius 3 is 0.559 bits per heavy atom. The molecule has 0 radical (unpaired) electrons. The van der Waals surface area contributed by atoms with Crippen molar-refractivity contribution in [3.05, 3.63) is 59.3 Å². The third-order valence-electron chi connectivity index (χ3n) is 4.13. The monoisotopic (exact) mass is 740 g/mol. The Kier molecular flexibility index (Phi) is 10.1. The lowest BCUT2D eigenvalue weighted by Gasteiger charge is -2.09. The first kappa shape index (κ1) is 27.9. The lowest BCUT2D eigenvalue weighted by molar-refractivity contribution is 2.30. The molecule has 0 aliphatic carbocycles. The Balaban J connectivity index is 1.08. The van der Waals surface area contributed by atoms with Gasteiger partial charge in [0.25, 0.3) is 0 Å². The normalized spacial score (nSPS) is 25.1. The first-order chi connectivity index (χ1) is 16.6. The van der Waals surface area contributed by atoms with E-state index < -0.39 is 0 Å². The average molecular weight is 741 g/mol. The molecule has 0 amide bonds. The van der Waals surface area contributed by atoms with E-state index in [9.17, 15) is 0 Å². The zero-order valence-electron chi connectivity index (χ0n) is 17.5. The molecule has 0 nitrogen and oxygen atoms in total. The van der Waals surface area contributed by atoms with Crippen LogP contribution in [-0.2, 0) is 0 Å². The Bertz CT molecular complexity index is 1020. The predicted octanol–water partition coefficient (Wildman–Crippen LogP) is 13.2. The second kappa shape index (κ2) is 12.3. The van der Waals surface area contributed by atoms with Crippen LogP contribution in [0.5, 0.6) is 0 Å². The first-order valence-corrected chi connectivity index (χ1v) is 23.8. The van der Waals surface area contributed by atoms with Gasteiger partial charge in [-0.05, 0) is 25.0 Å². The van der Waals surface area contributed by atoms with Crippen molar-refractivity contribution in [3.63, 3.8) is 0 Å². The minimum Gasteiger partial charge on any atom is -0.121 e. The number of hydrogen-bond donors (Lipinski definition) is 0. The van der Waals surface area contributed by atoms with Crippen LogP contribution in [0.15, 0.2) is 59.3 Å². The van der Waals surface area contributed by atoms with Gasteiger partial charge in [0.1, 0.15) is 0 Å². The Hall–Kier alpha value is 3.78. The van der Waals surface area contributed by atoms with Crippen molar-refractivity contribution in [2.45, 2.75) is 0 Å². The highest BCUT2D eigenvalue weighted by atomic mass is 32.3. The van der Waals surface area contributed by atoms with E-state index in [-0.39, 0.29) is 0 Å². The molecule has 0 spiro atoms. The fraction of sp³-hybridized carbons (Fsp3) is 0.222. The molecule has 34 heavy (non-hydrogen) atoms. The molecule has 0 saturated heterocycles. The highest BCUT2D eigenvalue weighted by Gasteiger charge is 2.39. The molecular weight excluding hydrogens is 729 g/mol. The lowest BCUT2D eigenvalue weighted by Crippen LogP contribution is -1.74. The molecule has 6 heterocycles. The summed E-state index contributed by atoms with van der Waals surface area (Å²) in [6, 6.07) is 0. The second-order valence-corrected chi connectivity index (χ2v) is 25.2. The van der Waals surface area contributed by atoms with Crippen LogP contribution in [0.3, 0.4) is 0 Å². The van der Waals surface area contributed by atoms with Crippen molar-refractivity contribution in [3.8, 4) is 0 Å². The van der Waals surface area contributed by atoms with Crippen molar-refractivity contribution < 1.29 is 0 Å². The summed E-state index contributed by atoms with van der Waals surface area (Å²) in [6.45, 7) is 0. The molecule has 6 aliphatic heterocycles. The van der Waals surface area contributed by atoms with Gasteiger partial charge in [-0.2, -0.15) is 0 Å². The molecule has 0 aromatic carbocycles. The first-order valence-electron chi connectivity index (χ1n) is 9.10. The smallest absolute Gasteiger partial charge is 0.0718 e. The highest BCUT2D eigenvalue weighted by molar-refractivity contribution is 8.53. The molecule has 0 unspecified atom stereocenters. The fourth-order valence-electron chi connectivity index (χ4n) is 2.72. The predicted molar refractivity (Wildman–Crippen MR) is 194 cm³/mol. The van der Waals surface area contributed by atoms with Crippen LogP contribution < -0.4 is 0 Å². The summed E-state index contributed by atoms with van der Waals surface area (Å²) < 4.78 is 20.6. The quantitative estimate of drug-likeness (QED) is 0.268. The minimum atomic E-state index is 1.46. The van der Waals surface area contributed by atoms with Gasteiger partial charge in [0.2, 0.25) is 0 Å². The fourth-order valence-corrected chi connectivity index (χ4v) is 26.3. The molecule has 180 valence electrons. The molecule has 0 saturated carbocycles. The van der Waals surface area contributed by atoms with E-state index >= 15 is 0 Å². The Morgan fingerprint density at radius 2 is 0.412 bits per heavy atom. The highest BCUT2D eigenvalue weighted by Crippen LogP contribution is 2.75. The summed E-state index contributed by atoms with van der Waals surface area (Å²) in [5.74, 6) is 0. The number of rotatable bonds is 4. The Morgan fingerprint density at radius 1 is 0.265 bits per heavy atom. The van der Waals surface area contributed by atoms with E-state index in [0.29, 0.717) is 0 Å². The minimum absolute atomic E-state index is 1.46. The van der Waals surface area contributed by atoms with Gasteiger partial charge in [-0.1, -0.05) is 141 Å². The zero-order chi connectivity index (χ0) is 23.4. The zero-order valence-corrected chi connectivity index (χ0v) is 30.6. The van der Waals surface area contributed by atoms with Gasteiger partial charge < -0.3 is 0 Å². The summed E-state index contributed by atoms with van der Waals surface area (Å²) in [7, 11) is 0. The van der Waals surface area contributed by atoms with Crippen molar-refractivity contribution >= 4 is 188 Å². The third kappa shape index (κ3) is 5.62. The second-order valence-electron chi connectivity index (χ2n) is 6.07. The number of hydrogen-bond acceptors (Lipinski definition) is 16. The largest absolute Gasteiger partial charge is 0.121 e. The van der Waals surface area contributed by atoms with Crippen molar-refractivity contribution in [1.29, 1.82) is 0 Å². The van der Waals surface area contributed by atoms with E-state index in [1.807, 2.05) is 188 Å². The SMILES string of the molecule is CSC1=C(SC)SC(=C2SC3=C(S2)SC(=C2SC4=C(SC(=C5SC(SC)=C(SC)S5)S4)S2)S3)S1. The molecule has 0 atom stereocenters. The van der Waals surface area contributed by atoms with Gasteiger partial charge in [0.15, 0.2) is 0 Å². The van der Waals surface area contributed by atoms with Crippen LogP contribution in [0, 0.1) is 0 Å². The van der Waals surface area contributed by atoms with Crippen LogP contribution in [-0.4, -0.2) is 25.0 Å². The summed E-state index contributed by atoms with van der Waals surface area (Å²) in [5.41, 5.74) is 0. The average Bonchev–Trinajstić information content (AvgIpc) is 3.63. The molecule has 6 rings (SSSR count). The van der Waals surface area contributed by atoms with Crippen LogP contribution >= 0.6 is 188 Å². The number of thioether (sulfide) groups is 16. The summed E-state index contributed by atoms with van der Waals surface area (Å²) in [4.78, 5) is 0. The van der Waals surface area contributed by atoms with E-state index in [0.717, 1.165) is 0 Å². The maximum absolute atomic E-state index is 2.19. The molecule has 0 bridgehead atoms. The van der Waals surface area contributed by atoms with E-state index in [2.05, 4.69) is 25.0 Å². The molecule has 6 aliphatic rings. The maximum Gasteiger partial charge on any atom is 0.0718 e. The van der Waals surface area contributed by atoms with Gasteiger partial charge in [0.05, 0.1) is 59.3 Å². The standard InChI is InChI=1S/C18H12S16/c1-19-5-6(20-2)24-9(23-5)11-27-13-14(28-11)32-17(31-13)18-33-15-16(34-18)30-12(29-15)10-25-7(21-3)8(22-4)26-10/h1-4H3. The summed E-state index contributed by atoms with van der Waals surface area (Å²) >= 11 is 31.3. The van der Waals surface area contributed by atoms with Gasteiger partial charge in [-0.15, -0.1) is 47.0 Å². The molecule has 0 aromatic heterocycles. The molecular formula is C18H12S16. The van der Waals surface area contributed by atoms with Crippen molar-refractivity contribution in [2.75, 3.05) is 25.0 Å². The van der Waals surface area contributed by atoms with Gasteiger partial charge in [-0.25, -0.2) is 0 Å². The molecule has 16 heteroatoms. The van der Waals surface area contributed by atoms with Crippen molar-refractivity contribution in [2.24, 2.45) is 0 Å². The molecule has 0 N–H and O–H groups in total. The van der Waals surface area contributed by atoms with Crippen LogP contribution in [0.25, 0.3) is 0 Å². The van der Waals surface area contributed by atoms with Crippen LogP contribution in [0.4, 0.5) is 0 Å². The molecule has 0 aromatic rings. The van der Waals surface area contributed by atoms with Crippen LogP contribution in [0.1, 0.15) is 0 Å². The Labute approximate surface area is 268 Å². The molecule has 0 fully saturated rings. The van der Waals surface area contributed by atoms with Crippen LogP contribution in [0.2, 0.25) is 0 Å². The topological polar surface area (TPSA) is 0 Å². The summed E-state index contributed by atoms with van der Waals surface area (Å²) in [6.07, 6.45) is 8.75. The van der Waals surface area contributed by atoms with Gasteiger partial charge >= 0.3 is 0 Å². The van der Waals surface area contributed by atoms with E-state index in [1.54, 1.807) is 0 Å². The third-order valence-corrected chi connectivity index (χ3v) is 27.4. The van der Waals surface area contributed by atoms with Gasteiger partial charge in [0, 0.05) is 0 Å². The van der Waals surface area contributed by atoms with E-state index in [1.165, 1.54) is 59.3 Å². The lowest BCUT2D eigenvalue weighted by atomic mass is 11.2. The van der Waals surface area contributed by atoms with Crippen molar-refractivity contribution in [1.82, 2.24) is 0 Å². The summed E-state index contributed by atoms with van der Waals surface area (Å²) in [5, 5.41) is 0. The maximum atomic E-state index is 2.19. The van der Waals surface area contributed by atoms with Gasteiger partial charge in [-0.3, -0.25) is 0 Å².